The zero-order valence-electron chi connectivity index (χ0n) is 8.93. The molecule has 0 saturated carbocycles. The van der Waals surface area contributed by atoms with Gasteiger partial charge in [0.25, 0.3) is 0 Å². The van der Waals surface area contributed by atoms with Gasteiger partial charge < -0.3 is 15.1 Å². The van der Waals surface area contributed by atoms with Gasteiger partial charge in [-0.2, -0.15) is 0 Å². The van der Waals surface area contributed by atoms with Gasteiger partial charge in [-0.15, -0.1) is 0 Å². The fraction of sp³-hybridized carbons (Fsp3) is 0.500. The molecule has 1 aliphatic heterocycles. The van der Waals surface area contributed by atoms with E-state index in [-0.39, 0.29) is 6.10 Å². The van der Waals surface area contributed by atoms with E-state index in [0.29, 0.717) is 6.54 Å². The lowest BCUT2D eigenvalue weighted by Crippen LogP contribution is -2.22. The van der Waals surface area contributed by atoms with Crippen LogP contribution in [-0.4, -0.2) is 29.4 Å². The molecule has 82 valence electrons. The Morgan fingerprint density at radius 2 is 2.13 bits per heavy atom. The lowest BCUT2D eigenvalue weighted by molar-refractivity contribution is 0.196. The topological polar surface area (TPSA) is 43.7 Å². The Hall–Kier alpha value is -1.06. The fourth-order valence-corrected chi connectivity index (χ4v) is 2.09. The van der Waals surface area contributed by atoms with Gasteiger partial charge in [0, 0.05) is 24.3 Å². The molecular formula is C12H17NO2. The Morgan fingerprint density at radius 3 is 2.73 bits per heavy atom. The highest BCUT2D eigenvalue weighted by Crippen LogP contribution is 2.28. The molecule has 0 amide bonds. The molecule has 2 rings (SSSR count). The zero-order valence-corrected chi connectivity index (χ0v) is 8.93. The molecule has 0 bridgehead atoms. The minimum Gasteiger partial charge on any atom is -0.391 e. The van der Waals surface area contributed by atoms with Gasteiger partial charge in [-0.05, 0) is 19.4 Å². The van der Waals surface area contributed by atoms with Crippen LogP contribution in [0.15, 0.2) is 24.3 Å². The van der Waals surface area contributed by atoms with E-state index in [1.54, 1.807) is 6.92 Å². The van der Waals surface area contributed by atoms with Crippen molar-refractivity contribution in [2.45, 2.75) is 25.6 Å². The van der Waals surface area contributed by atoms with Gasteiger partial charge in [-0.1, -0.05) is 18.2 Å². The summed E-state index contributed by atoms with van der Waals surface area (Å²) in [6, 6.07) is 7.83. The number of hydrogen-bond acceptors (Lipinski definition) is 3. The fourth-order valence-electron chi connectivity index (χ4n) is 2.09. The van der Waals surface area contributed by atoms with Gasteiger partial charge in [-0.25, -0.2) is 0 Å². The second-order valence-electron chi connectivity index (χ2n) is 4.12. The van der Waals surface area contributed by atoms with E-state index in [0.717, 1.165) is 24.2 Å². The molecule has 0 aromatic heterocycles. The van der Waals surface area contributed by atoms with E-state index in [9.17, 15) is 10.2 Å². The van der Waals surface area contributed by atoms with Crippen LogP contribution in [0.4, 0.5) is 5.69 Å². The molecular weight excluding hydrogens is 190 g/mol. The maximum atomic E-state index is 9.64. The highest BCUT2D eigenvalue weighted by atomic mass is 16.3. The Kier molecular flexibility index (Phi) is 2.93. The van der Waals surface area contributed by atoms with Crippen LogP contribution in [0.25, 0.3) is 0 Å². The first-order chi connectivity index (χ1) is 7.18. The van der Waals surface area contributed by atoms with Crippen molar-refractivity contribution >= 4 is 5.69 Å². The van der Waals surface area contributed by atoms with Crippen molar-refractivity contribution in [1.82, 2.24) is 0 Å². The monoisotopic (exact) mass is 207 g/mol. The van der Waals surface area contributed by atoms with E-state index >= 15 is 0 Å². The molecule has 1 fully saturated rings. The van der Waals surface area contributed by atoms with E-state index in [4.69, 9.17) is 0 Å². The summed E-state index contributed by atoms with van der Waals surface area (Å²) in [5.41, 5.74) is 1.98. The Bertz CT molecular complexity index is 338. The largest absolute Gasteiger partial charge is 0.391 e. The second kappa shape index (κ2) is 4.21. The maximum Gasteiger partial charge on any atom is 0.0781 e. The van der Waals surface area contributed by atoms with Gasteiger partial charge >= 0.3 is 0 Å². The average Bonchev–Trinajstić information content (AvgIpc) is 2.65. The van der Waals surface area contributed by atoms with Crippen molar-refractivity contribution in [1.29, 1.82) is 0 Å². The van der Waals surface area contributed by atoms with Crippen molar-refractivity contribution < 1.29 is 10.2 Å². The first-order valence-electron chi connectivity index (χ1n) is 5.38. The number of hydrogen-bond donors (Lipinski definition) is 2. The number of β-amino-alcohol motifs (C(OH)–C–C–N with tert-alkyl or cyclic N) is 1. The highest BCUT2D eigenvalue weighted by molar-refractivity contribution is 5.55. The van der Waals surface area contributed by atoms with Crippen LogP contribution in [0.3, 0.4) is 0 Å². The number of aliphatic hydroxyl groups excluding tert-OH is 2. The molecule has 2 N–H and O–H groups in total. The maximum absolute atomic E-state index is 9.64. The Balaban J connectivity index is 2.27. The first-order valence-corrected chi connectivity index (χ1v) is 5.38. The second-order valence-corrected chi connectivity index (χ2v) is 4.12. The Morgan fingerprint density at radius 1 is 1.40 bits per heavy atom. The van der Waals surface area contributed by atoms with Crippen LogP contribution in [0.1, 0.15) is 25.0 Å². The number of aliphatic hydroxyl groups is 2. The smallest absolute Gasteiger partial charge is 0.0781 e. The number of benzene rings is 1. The molecule has 1 heterocycles. The molecule has 0 aliphatic carbocycles. The molecule has 2 atom stereocenters. The van der Waals surface area contributed by atoms with Crippen LogP contribution in [0.2, 0.25) is 0 Å². The minimum atomic E-state index is -0.459. The van der Waals surface area contributed by atoms with Gasteiger partial charge in [0.1, 0.15) is 0 Å². The van der Waals surface area contributed by atoms with E-state index in [1.807, 2.05) is 24.3 Å². The van der Waals surface area contributed by atoms with Crippen LogP contribution in [0, 0.1) is 0 Å². The van der Waals surface area contributed by atoms with Gasteiger partial charge in [-0.3, -0.25) is 0 Å². The van der Waals surface area contributed by atoms with Crippen LogP contribution < -0.4 is 4.90 Å². The third-order valence-corrected chi connectivity index (χ3v) is 2.89. The van der Waals surface area contributed by atoms with Crippen LogP contribution >= 0.6 is 0 Å². The Labute approximate surface area is 90.0 Å². The molecule has 1 aromatic carbocycles. The molecule has 1 aromatic rings. The average molecular weight is 207 g/mol. The summed E-state index contributed by atoms with van der Waals surface area (Å²) in [5, 5.41) is 19.1. The lowest BCUT2D eigenvalue weighted by atomic mass is 10.1. The summed E-state index contributed by atoms with van der Waals surface area (Å²) >= 11 is 0. The van der Waals surface area contributed by atoms with Crippen molar-refractivity contribution in [3.8, 4) is 0 Å². The number of anilines is 1. The van der Waals surface area contributed by atoms with Gasteiger partial charge in [0.15, 0.2) is 0 Å². The highest BCUT2D eigenvalue weighted by Gasteiger charge is 2.22. The summed E-state index contributed by atoms with van der Waals surface area (Å²) in [6.45, 7) is 3.31. The predicted molar refractivity (Wildman–Crippen MR) is 59.9 cm³/mol. The molecule has 1 saturated heterocycles. The number of para-hydroxylation sites is 1. The minimum absolute atomic E-state index is 0.230. The lowest BCUT2D eigenvalue weighted by Gasteiger charge is -2.22. The van der Waals surface area contributed by atoms with Gasteiger partial charge in [0.05, 0.1) is 12.2 Å². The summed E-state index contributed by atoms with van der Waals surface area (Å²) in [4.78, 5) is 2.13. The molecule has 0 spiro atoms. The van der Waals surface area contributed by atoms with Crippen molar-refractivity contribution in [3.63, 3.8) is 0 Å². The zero-order chi connectivity index (χ0) is 10.8. The van der Waals surface area contributed by atoms with Gasteiger partial charge in [0.2, 0.25) is 0 Å². The van der Waals surface area contributed by atoms with Crippen LogP contribution in [-0.2, 0) is 0 Å². The van der Waals surface area contributed by atoms with Crippen molar-refractivity contribution in [2.75, 3.05) is 18.0 Å². The molecule has 3 nitrogen and oxygen atoms in total. The summed E-state index contributed by atoms with van der Waals surface area (Å²) in [6.07, 6.45) is 0.125. The van der Waals surface area contributed by atoms with E-state index in [2.05, 4.69) is 4.90 Å². The molecule has 3 heteroatoms. The molecule has 1 unspecified atom stereocenters. The third-order valence-electron chi connectivity index (χ3n) is 2.89. The molecule has 1 aliphatic rings. The summed E-state index contributed by atoms with van der Waals surface area (Å²) in [5.74, 6) is 0. The SMILES string of the molecule is C[C@@H](O)c1ccccc1N1CCC(O)C1. The summed E-state index contributed by atoms with van der Waals surface area (Å²) in [7, 11) is 0. The molecule has 0 radical (unpaired) electrons. The predicted octanol–water partition coefficient (Wildman–Crippen LogP) is 1.31. The number of nitrogens with zero attached hydrogens (tertiary/aromatic N) is 1. The quantitative estimate of drug-likeness (QED) is 0.768. The standard InChI is InChI=1S/C12H17NO2/c1-9(14)11-4-2-3-5-12(11)13-7-6-10(15)8-13/h2-5,9-10,14-15H,6-8H2,1H3/t9-,10?/m1/s1. The molecule has 15 heavy (non-hydrogen) atoms. The van der Waals surface area contributed by atoms with E-state index in [1.165, 1.54) is 0 Å². The van der Waals surface area contributed by atoms with Crippen molar-refractivity contribution in [2.24, 2.45) is 0 Å². The normalized spacial score (nSPS) is 23.1. The van der Waals surface area contributed by atoms with Crippen LogP contribution in [0.5, 0.6) is 0 Å². The number of rotatable bonds is 2. The van der Waals surface area contributed by atoms with E-state index < -0.39 is 6.10 Å². The first kappa shape index (κ1) is 10.5. The summed E-state index contributed by atoms with van der Waals surface area (Å²) < 4.78 is 0. The van der Waals surface area contributed by atoms with Crippen molar-refractivity contribution in [3.05, 3.63) is 29.8 Å². The third kappa shape index (κ3) is 2.13.